The normalized spacial score (nSPS) is 32.3. The zero-order valence-corrected chi connectivity index (χ0v) is 11.4. The summed E-state index contributed by atoms with van der Waals surface area (Å²) in [5.41, 5.74) is 0. The number of rotatable bonds is 4. The van der Waals surface area contributed by atoms with Gasteiger partial charge in [0, 0.05) is 13.2 Å². The fourth-order valence-corrected chi connectivity index (χ4v) is 3.57. The van der Waals surface area contributed by atoms with Crippen LogP contribution in [0.25, 0.3) is 0 Å². The van der Waals surface area contributed by atoms with Crippen molar-refractivity contribution >= 4 is 0 Å². The van der Waals surface area contributed by atoms with E-state index in [1.54, 1.807) is 0 Å². The summed E-state index contributed by atoms with van der Waals surface area (Å²) >= 11 is 0. The maximum atomic E-state index is 6.14. The molecule has 0 aromatic carbocycles. The Bertz CT molecular complexity index is 199. The maximum absolute atomic E-state index is 6.14. The quantitative estimate of drug-likeness (QED) is 0.760. The van der Waals surface area contributed by atoms with Gasteiger partial charge in [-0.15, -0.1) is 0 Å². The van der Waals surface area contributed by atoms with E-state index in [0.29, 0.717) is 6.10 Å². The van der Waals surface area contributed by atoms with Crippen molar-refractivity contribution in [2.75, 3.05) is 19.7 Å². The van der Waals surface area contributed by atoms with E-state index in [2.05, 4.69) is 12.2 Å². The Balaban J connectivity index is 1.89. The van der Waals surface area contributed by atoms with E-state index in [1.807, 2.05) is 0 Å². The first kappa shape index (κ1) is 13.4. The van der Waals surface area contributed by atoms with Gasteiger partial charge in [-0.05, 0) is 44.1 Å². The molecular weight excluding hydrogens is 210 g/mol. The van der Waals surface area contributed by atoms with Crippen molar-refractivity contribution in [3.8, 4) is 0 Å². The Morgan fingerprint density at radius 2 is 1.76 bits per heavy atom. The van der Waals surface area contributed by atoms with Crippen LogP contribution < -0.4 is 5.32 Å². The highest BCUT2D eigenvalue weighted by Gasteiger charge is 2.32. The third-order valence-electron chi connectivity index (χ3n) is 4.52. The van der Waals surface area contributed by atoms with E-state index in [-0.39, 0.29) is 0 Å². The molecule has 0 bridgehead atoms. The van der Waals surface area contributed by atoms with Gasteiger partial charge >= 0.3 is 0 Å². The Morgan fingerprint density at radius 1 is 1.00 bits per heavy atom. The Labute approximate surface area is 107 Å². The van der Waals surface area contributed by atoms with Gasteiger partial charge in [0.05, 0.1) is 6.10 Å². The molecule has 17 heavy (non-hydrogen) atoms. The lowest BCUT2D eigenvalue weighted by molar-refractivity contribution is -0.0631. The first-order valence-corrected chi connectivity index (χ1v) is 7.74. The molecule has 0 amide bonds. The second-order valence-corrected chi connectivity index (χ2v) is 5.80. The molecule has 1 aliphatic carbocycles. The molecule has 1 heterocycles. The molecule has 0 aromatic heterocycles. The highest BCUT2D eigenvalue weighted by atomic mass is 16.5. The SMILES string of the molecule is CCNCC1CCCOC1C1CCCCCC1. The average molecular weight is 239 g/mol. The largest absolute Gasteiger partial charge is 0.378 e. The van der Waals surface area contributed by atoms with Crippen LogP contribution in [0.1, 0.15) is 58.3 Å². The van der Waals surface area contributed by atoms with Crippen molar-refractivity contribution in [1.82, 2.24) is 5.32 Å². The molecule has 0 spiro atoms. The molecule has 2 fully saturated rings. The van der Waals surface area contributed by atoms with Crippen LogP contribution in [0.4, 0.5) is 0 Å². The summed E-state index contributed by atoms with van der Waals surface area (Å²) in [5.74, 6) is 1.62. The summed E-state index contributed by atoms with van der Waals surface area (Å²) in [6.45, 7) is 5.46. The summed E-state index contributed by atoms with van der Waals surface area (Å²) in [4.78, 5) is 0. The van der Waals surface area contributed by atoms with Gasteiger partial charge in [0.2, 0.25) is 0 Å². The molecule has 2 rings (SSSR count). The Kier molecular flexibility index (Phi) is 5.79. The fourth-order valence-electron chi connectivity index (χ4n) is 3.57. The summed E-state index contributed by atoms with van der Waals surface area (Å²) in [5, 5.41) is 3.52. The summed E-state index contributed by atoms with van der Waals surface area (Å²) in [6.07, 6.45) is 11.8. The van der Waals surface area contributed by atoms with Gasteiger partial charge in [-0.2, -0.15) is 0 Å². The monoisotopic (exact) mass is 239 g/mol. The van der Waals surface area contributed by atoms with Gasteiger partial charge in [-0.1, -0.05) is 32.6 Å². The smallest absolute Gasteiger partial charge is 0.0643 e. The minimum absolute atomic E-state index is 0.556. The fraction of sp³-hybridized carbons (Fsp3) is 1.00. The molecule has 2 atom stereocenters. The Morgan fingerprint density at radius 3 is 2.47 bits per heavy atom. The first-order chi connectivity index (χ1) is 8.42. The van der Waals surface area contributed by atoms with Crippen molar-refractivity contribution in [3.05, 3.63) is 0 Å². The van der Waals surface area contributed by atoms with Crippen molar-refractivity contribution in [1.29, 1.82) is 0 Å². The van der Waals surface area contributed by atoms with E-state index in [4.69, 9.17) is 4.74 Å². The maximum Gasteiger partial charge on any atom is 0.0643 e. The van der Waals surface area contributed by atoms with Crippen molar-refractivity contribution in [2.24, 2.45) is 11.8 Å². The average Bonchev–Trinajstić information content (AvgIpc) is 2.65. The molecule has 1 saturated heterocycles. The lowest BCUT2D eigenvalue weighted by atomic mass is 9.82. The highest BCUT2D eigenvalue weighted by molar-refractivity contribution is 4.83. The van der Waals surface area contributed by atoms with E-state index in [1.165, 1.54) is 51.4 Å². The summed E-state index contributed by atoms with van der Waals surface area (Å²) in [6, 6.07) is 0. The highest BCUT2D eigenvalue weighted by Crippen LogP contribution is 2.34. The van der Waals surface area contributed by atoms with E-state index >= 15 is 0 Å². The van der Waals surface area contributed by atoms with Crippen LogP contribution >= 0.6 is 0 Å². The van der Waals surface area contributed by atoms with Crippen LogP contribution in [0.3, 0.4) is 0 Å². The van der Waals surface area contributed by atoms with Gasteiger partial charge in [-0.25, -0.2) is 0 Å². The van der Waals surface area contributed by atoms with Crippen LogP contribution in [0.2, 0.25) is 0 Å². The molecule has 1 saturated carbocycles. The molecule has 0 radical (unpaired) electrons. The van der Waals surface area contributed by atoms with E-state index in [9.17, 15) is 0 Å². The number of ether oxygens (including phenoxy) is 1. The van der Waals surface area contributed by atoms with Gasteiger partial charge in [0.1, 0.15) is 0 Å². The predicted molar refractivity (Wildman–Crippen MR) is 72.2 cm³/mol. The molecule has 2 aliphatic rings. The zero-order chi connectivity index (χ0) is 11.9. The third-order valence-corrected chi connectivity index (χ3v) is 4.52. The van der Waals surface area contributed by atoms with E-state index < -0.39 is 0 Å². The van der Waals surface area contributed by atoms with E-state index in [0.717, 1.165) is 31.5 Å². The van der Waals surface area contributed by atoms with Crippen LogP contribution in [0.15, 0.2) is 0 Å². The molecule has 100 valence electrons. The lowest BCUT2D eigenvalue weighted by Crippen LogP contribution is -2.41. The van der Waals surface area contributed by atoms with Gasteiger partial charge in [-0.3, -0.25) is 0 Å². The molecule has 2 unspecified atom stereocenters. The van der Waals surface area contributed by atoms with Crippen LogP contribution in [0, 0.1) is 11.8 Å². The molecule has 2 heteroatoms. The van der Waals surface area contributed by atoms with Crippen molar-refractivity contribution in [3.63, 3.8) is 0 Å². The molecule has 1 aliphatic heterocycles. The minimum atomic E-state index is 0.556. The zero-order valence-electron chi connectivity index (χ0n) is 11.4. The summed E-state index contributed by atoms with van der Waals surface area (Å²) in [7, 11) is 0. The molecule has 0 aromatic rings. The van der Waals surface area contributed by atoms with Gasteiger partial charge < -0.3 is 10.1 Å². The number of hydrogen-bond donors (Lipinski definition) is 1. The van der Waals surface area contributed by atoms with Gasteiger partial charge in [0.15, 0.2) is 0 Å². The Hall–Kier alpha value is -0.0800. The summed E-state index contributed by atoms with van der Waals surface area (Å²) < 4.78 is 6.14. The van der Waals surface area contributed by atoms with Gasteiger partial charge in [0.25, 0.3) is 0 Å². The lowest BCUT2D eigenvalue weighted by Gasteiger charge is -2.37. The number of nitrogens with one attached hydrogen (secondary N) is 1. The predicted octanol–water partition coefficient (Wildman–Crippen LogP) is 3.36. The molecular formula is C15H29NO. The second kappa shape index (κ2) is 7.38. The molecule has 1 N–H and O–H groups in total. The van der Waals surface area contributed by atoms with Crippen molar-refractivity contribution < 1.29 is 4.74 Å². The topological polar surface area (TPSA) is 21.3 Å². The second-order valence-electron chi connectivity index (χ2n) is 5.80. The van der Waals surface area contributed by atoms with Crippen LogP contribution in [0.5, 0.6) is 0 Å². The van der Waals surface area contributed by atoms with Crippen LogP contribution in [-0.2, 0) is 4.74 Å². The standard InChI is InChI=1S/C15H29NO/c1-2-16-12-14-10-7-11-17-15(14)13-8-5-3-4-6-9-13/h13-16H,2-12H2,1H3. The third kappa shape index (κ3) is 3.96. The molecule has 2 nitrogen and oxygen atoms in total. The minimum Gasteiger partial charge on any atom is -0.378 e. The van der Waals surface area contributed by atoms with Crippen LogP contribution in [-0.4, -0.2) is 25.8 Å². The first-order valence-electron chi connectivity index (χ1n) is 7.74. The number of hydrogen-bond acceptors (Lipinski definition) is 2. The van der Waals surface area contributed by atoms with Crippen molar-refractivity contribution in [2.45, 2.75) is 64.4 Å².